The van der Waals surface area contributed by atoms with Gasteiger partial charge in [0.05, 0.1) is 24.3 Å². The van der Waals surface area contributed by atoms with Crippen LogP contribution in [-0.2, 0) is 4.74 Å². The van der Waals surface area contributed by atoms with Gasteiger partial charge >= 0.3 is 0 Å². The van der Waals surface area contributed by atoms with Gasteiger partial charge in [-0.25, -0.2) is 0 Å². The van der Waals surface area contributed by atoms with Gasteiger partial charge in [-0.2, -0.15) is 0 Å². The Balaban J connectivity index is 1.79. The van der Waals surface area contributed by atoms with E-state index >= 15 is 0 Å². The summed E-state index contributed by atoms with van der Waals surface area (Å²) in [6, 6.07) is 3.45. The van der Waals surface area contributed by atoms with Crippen molar-refractivity contribution in [2.75, 3.05) is 26.9 Å². The van der Waals surface area contributed by atoms with Crippen molar-refractivity contribution in [2.45, 2.75) is 51.6 Å². The van der Waals surface area contributed by atoms with E-state index in [1.807, 2.05) is 6.92 Å². The number of methoxy groups -OCH3 is 1. The number of amides is 1. The highest BCUT2D eigenvalue weighted by atomic mass is 79.9. The minimum atomic E-state index is -0.123. The first-order chi connectivity index (χ1) is 12.2. The molecule has 1 N–H and O–H groups in total. The second-order valence-electron chi connectivity index (χ2n) is 6.16. The Bertz CT molecular complexity index is 559. The van der Waals surface area contributed by atoms with Crippen LogP contribution in [0.2, 0.25) is 0 Å². The summed E-state index contributed by atoms with van der Waals surface area (Å²) in [4.78, 5) is 12.3. The van der Waals surface area contributed by atoms with Gasteiger partial charge < -0.3 is 19.5 Å². The lowest BCUT2D eigenvalue weighted by Gasteiger charge is -2.21. The van der Waals surface area contributed by atoms with Gasteiger partial charge in [0.1, 0.15) is 0 Å². The summed E-state index contributed by atoms with van der Waals surface area (Å²) in [6.07, 6.45) is 7.45. The maximum absolute atomic E-state index is 12.3. The molecule has 1 fully saturated rings. The molecule has 25 heavy (non-hydrogen) atoms. The fourth-order valence-electron chi connectivity index (χ4n) is 3.02. The number of carbonyl (C=O) groups is 1. The molecule has 0 atom stereocenters. The summed E-state index contributed by atoms with van der Waals surface area (Å²) in [7, 11) is 1.58. The summed E-state index contributed by atoms with van der Waals surface area (Å²) >= 11 is 3.43. The first kappa shape index (κ1) is 20.0. The highest BCUT2D eigenvalue weighted by molar-refractivity contribution is 9.10. The van der Waals surface area contributed by atoms with Crippen molar-refractivity contribution in [1.29, 1.82) is 0 Å². The van der Waals surface area contributed by atoms with Crippen LogP contribution in [0.15, 0.2) is 16.6 Å². The maximum Gasteiger partial charge on any atom is 0.251 e. The molecule has 0 radical (unpaired) electrons. The molecule has 1 aliphatic rings. The molecular formula is C19H28BrNO4. The Morgan fingerprint density at radius 3 is 2.72 bits per heavy atom. The molecule has 1 saturated carbocycles. The van der Waals surface area contributed by atoms with Crippen LogP contribution in [0.4, 0.5) is 0 Å². The van der Waals surface area contributed by atoms with Crippen molar-refractivity contribution >= 4 is 21.8 Å². The van der Waals surface area contributed by atoms with E-state index in [0.29, 0.717) is 47.4 Å². The molecule has 2 rings (SSSR count). The van der Waals surface area contributed by atoms with Crippen LogP contribution >= 0.6 is 15.9 Å². The fourth-order valence-corrected chi connectivity index (χ4v) is 3.62. The van der Waals surface area contributed by atoms with E-state index in [9.17, 15) is 4.79 Å². The van der Waals surface area contributed by atoms with E-state index in [-0.39, 0.29) is 5.91 Å². The van der Waals surface area contributed by atoms with E-state index in [4.69, 9.17) is 14.2 Å². The van der Waals surface area contributed by atoms with E-state index in [1.54, 1.807) is 19.2 Å². The van der Waals surface area contributed by atoms with E-state index in [1.165, 1.54) is 32.1 Å². The fraction of sp³-hybridized carbons (Fsp3) is 0.632. The molecule has 6 heteroatoms. The van der Waals surface area contributed by atoms with Gasteiger partial charge in [-0.05, 0) is 54.2 Å². The third-order valence-corrected chi connectivity index (χ3v) is 4.88. The van der Waals surface area contributed by atoms with Gasteiger partial charge in [0.25, 0.3) is 5.91 Å². The van der Waals surface area contributed by atoms with Gasteiger partial charge in [-0.3, -0.25) is 4.79 Å². The highest BCUT2D eigenvalue weighted by Gasteiger charge is 2.16. The highest BCUT2D eigenvalue weighted by Crippen LogP contribution is 2.36. The number of carbonyl (C=O) groups excluding carboxylic acids is 1. The van der Waals surface area contributed by atoms with Crippen LogP contribution < -0.4 is 14.8 Å². The topological polar surface area (TPSA) is 56.8 Å². The molecule has 0 bridgehead atoms. The molecule has 1 aromatic carbocycles. The second kappa shape index (κ2) is 10.7. The average Bonchev–Trinajstić information content (AvgIpc) is 2.62. The minimum Gasteiger partial charge on any atom is -0.492 e. The summed E-state index contributed by atoms with van der Waals surface area (Å²) in [5.41, 5.74) is 0.546. The quantitative estimate of drug-likeness (QED) is 0.612. The van der Waals surface area contributed by atoms with Crippen LogP contribution in [0.3, 0.4) is 0 Å². The number of hydrogen-bond donors (Lipinski definition) is 1. The lowest BCUT2D eigenvalue weighted by atomic mass is 9.98. The van der Waals surface area contributed by atoms with E-state index in [2.05, 4.69) is 21.2 Å². The van der Waals surface area contributed by atoms with Crippen molar-refractivity contribution in [3.8, 4) is 11.5 Å². The number of rotatable bonds is 9. The molecular weight excluding hydrogens is 386 g/mol. The number of ether oxygens (including phenoxy) is 3. The second-order valence-corrected chi connectivity index (χ2v) is 7.02. The monoisotopic (exact) mass is 413 g/mol. The smallest absolute Gasteiger partial charge is 0.251 e. The van der Waals surface area contributed by atoms with Crippen LogP contribution in [0.25, 0.3) is 0 Å². The average molecular weight is 414 g/mol. The molecule has 5 nitrogen and oxygen atoms in total. The zero-order valence-electron chi connectivity index (χ0n) is 15.1. The zero-order valence-corrected chi connectivity index (χ0v) is 16.7. The van der Waals surface area contributed by atoms with Crippen molar-refractivity contribution < 1.29 is 19.0 Å². The minimum absolute atomic E-state index is 0.123. The zero-order chi connectivity index (χ0) is 18.1. The third kappa shape index (κ3) is 6.19. The predicted molar refractivity (Wildman–Crippen MR) is 102 cm³/mol. The van der Waals surface area contributed by atoms with Crippen LogP contribution in [0, 0.1) is 0 Å². The molecule has 1 aliphatic carbocycles. The molecule has 0 aliphatic heterocycles. The van der Waals surface area contributed by atoms with Gasteiger partial charge in [-0.1, -0.05) is 19.3 Å². The van der Waals surface area contributed by atoms with E-state index < -0.39 is 0 Å². The van der Waals surface area contributed by atoms with Crippen LogP contribution in [-0.4, -0.2) is 38.9 Å². The largest absolute Gasteiger partial charge is 0.492 e. The molecule has 0 heterocycles. The molecule has 1 amide bonds. The van der Waals surface area contributed by atoms with Crippen LogP contribution in [0.5, 0.6) is 11.5 Å². The summed E-state index contributed by atoms with van der Waals surface area (Å²) in [6.45, 7) is 3.69. The Kier molecular flexibility index (Phi) is 8.55. The Morgan fingerprint density at radius 1 is 1.28 bits per heavy atom. The Labute approximate surface area is 158 Å². The molecule has 140 valence electrons. The maximum atomic E-state index is 12.3. The number of hydrogen-bond acceptors (Lipinski definition) is 4. The Morgan fingerprint density at radius 2 is 2.04 bits per heavy atom. The summed E-state index contributed by atoms with van der Waals surface area (Å²) in [5.74, 6) is 1.03. The van der Waals surface area contributed by atoms with Crippen LogP contribution in [0.1, 0.15) is 55.8 Å². The summed E-state index contributed by atoms with van der Waals surface area (Å²) in [5, 5.41) is 2.93. The van der Waals surface area contributed by atoms with Crippen molar-refractivity contribution in [3.63, 3.8) is 0 Å². The molecule has 0 spiro atoms. The van der Waals surface area contributed by atoms with Crippen molar-refractivity contribution in [3.05, 3.63) is 22.2 Å². The van der Waals surface area contributed by atoms with E-state index in [0.717, 1.165) is 6.42 Å². The third-order valence-electron chi connectivity index (χ3n) is 4.29. The molecule has 0 unspecified atom stereocenters. The van der Waals surface area contributed by atoms with Crippen molar-refractivity contribution in [1.82, 2.24) is 5.32 Å². The van der Waals surface area contributed by atoms with Gasteiger partial charge in [0.15, 0.2) is 11.5 Å². The predicted octanol–water partition coefficient (Wildman–Crippen LogP) is 4.33. The molecule has 0 aromatic heterocycles. The lowest BCUT2D eigenvalue weighted by molar-refractivity contribution is 0.0273. The van der Waals surface area contributed by atoms with Gasteiger partial charge in [-0.15, -0.1) is 0 Å². The normalized spacial score (nSPS) is 15.0. The molecule has 1 aromatic rings. The lowest BCUT2D eigenvalue weighted by Crippen LogP contribution is -2.26. The number of halogens is 1. The summed E-state index contributed by atoms with van der Waals surface area (Å²) < 4.78 is 17.4. The van der Waals surface area contributed by atoms with Gasteiger partial charge in [0, 0.05) is 18.7 Å². The number of nitrogens with one attached hydrogen (secondary N) is 1. The SMILES string of the molecule is CCOc1cc(C(=O)NCCCOC2CCCCC2)cc(Br)c1OC. The van der Waals surface area contributed by atoms with Gasteiger partial charge in [0.2, 0.25) is 0 Å². The molecule has 0 saturated heterocycles. The standard InChI is InChI=1S/C19H28BrNO4/c1-3-24-17-13-14(12-16(20)18(17)23-2)19(22)21-10-7-11-25-15-8-5-4-6-9-15/h12-13,15H,3-11H2,1-2H3,(H,21,22). The Hall–Kier alpha value is -1.27. The first-order valence-electron chi connectivity index (χ1n) is 9.05. The van der Waals surface area contributed by atoms with Crippen molar-refractivity contribution in [2.24, 2.45) is 0 Å². The number of benzene rings is 1. The first-order valence-corrected chi connectivity index (χ1v) is 9.85.